The Balaban J connectivity index is 0.000000617. The first-order valence-corrected chi connectivity index (χ1v) is 12.0. The van der Waals surface area contributed by atoms with Gasteiger partial charge in [0.15, 0.2) is 0 Å². The van der Waals surface area contributed by atoms with Gasteiger partial charge in [0.25, 0.3) is 5.56 Å². The van der Waals surface area contributed by atoms with Crippen LogP contribution in [0, 0.1) is 11.3 Å². The van der Waals surface area contributed by atoms with E-state index in [0.717, 1.165) is 12.0 Å². The molecule has 0 spiro atoms. The molecule has 11 nitrogen and oxygen atoms in total. The first-order valence-electron chi connectivity index (χ1n) is 12.0. The standard InChI is InChI=1S/C20H22F3N7O3.C5H5N/c21-20(22,23)18-15(13-27-28-19(18)32)25-4-10-33-9-3-17(31)30-7-5-29(6-8-30)16-2-1-14(11-24)12-26-16;1-2-4-6-5-3-1/h1-2,12-13H,3-10H2,(H2,25,28,32);1-5H. The van der Waals surface area contributed by atoms with E-state index in [0.29, 0.717) is 31.7 Å². The number of H-pyrrole nitrogens is 1. The lowest BCUT2D eigenvalue weighted by Crippen LogP contribution is -2.49. The van der Waals surface area contributed by atoms with Gasteiger partial charge in [-0.15, -0.1) is 0 Å². The van der Waals surface area contributed by atoms with Crippen LogP contribution in [0.5, 0.6) is 0 Å². The molecule has 0 atom stereocenters. The van der Waals surface area contributed by atoms with Gasteiger partial charge in [-0.1, -0.05) is 6.07 Å². The van der Waals surface area contributed by atoms with Crippen molar-refractivity contribution in [2.24, 2.45) is 0 Å². The van der Waals surface area contributed by atoms with Crippen molar-refractivity contribution in [3.8, 4) is 6.07 Å². The average molecular weight is 545 g/mol. The lowest BCUT2D eigenvalue weighted by Gasteiger charge is -2.35. The molecule has 0 radical (unpaired) electrons. The number of amides is 1. The minimum atomic E-state index is -4.81. The number of nitriles is 1. The average Bonchev–Trinajstić information content (AvgIpc) is 2.95. The van der Waals surface area contributed by atoms with Crippen molar-refractivity contribution in [3.63, 3.8) is 0 Å². The second-order valence-corrected chi connectivity index (χ2v) is 8.18. The zero-order valence-corrected chi connectivity index (χ0v) is 20.9. The van der Waals surface area contributed by atoms with E-state index in [1.54, 1.807) is 34.5 Å². The van der Waals surface area contributed by atoms with Crippen molar-refractivity contribution < 1.29 is 22.7 Å². The van der Waals surface area contributed by atoms with Crippen LogP contribution in [0.4, 0.5) is 24.7 Å². The minimum Gasteiger partial charge on any atom is -0.381 e. The molecule has 1 saturated heterocycles. The molecular weight excluding hydrogens is 517 g/mol. The van der Waals surface area contributed by atoms with Crippen LogP contribution in [-0.2, 0) is 15.7 Å². The fourth-order valence-electron chi connectivity index (χ4n) is 3.63. The summed E-state index contributed by atoms with van der Waals surface area (Å²) in [5.74, 6) is 0.676. The SMILES string of the molecule is N#Cc1ccc(N2CCN(C(=O)CCOCCNc3cn[nH]c(=O)c3C(F)(F)F)CC2)nc1.c1ccncc1. The third kappa shape index (κ3) is 9.08. The Hall–Kier alpha value is -4.51. The van der Waals surface area contributed by atoms with Crippen molar-refractivity contribution in [2.45, 2.75) is 12.6 Å². The molecular formula is C25H27F3N8O3. The zero-order valence-electron chi connectivity index (χ0n) is 20.9. The quantitative estimate of drug-likeness (QED) is 0.409. The highest BCUT2D eigenvalue weighted by molar-refractivity contribution is 5.76. The number of aromatic nitrogens is 4. The summed E-state index contributed by atoms with van der Waals surface area (Å²) < 4.78 is 44.3. The Kier molecular flexibility index (Phi) is 10.8. The summed E-state index contributed by atoms with van der Waals surface area (Å²) in [7, 11) is 0. The minimum absolute atomic E-state index is 0.0126. The van der Waals surface area contributed by atoms with Crippen molar-refractivity contribution in [1.29, 1.82) is 5.26 Å². The molecule has 3 aromatic rings. The number of aromatic amines is 1. The number of piperazine rings is 1. The van der Waals surface area contributed by atoms with Gasteiger partial charge in [0.05, 0.1) is 37.1 Å². The molecule has 14 heteroatoms. The summed E-state index contributed by atoms with van der Waals surface area (Å²) in [5.41, 5.74) is -2.62. The van der Waals surface area contributed by atoms with Gasteiger partial charge in [-0.3, -0.25) is 14.6 Å². The van der Waals surface area contributed by atoms with Crippen molar-refractivity contribution in [1.82, 2.24) is 25.1 Å². The van der Waals surface area contributed by atoms with Gasteiger partial charge in [0.1, 0.15) is 17.5 Å². The molecule has 0 aromatic carbocycles. The molecule has 39 heavy (non-hydrogen) atoms. The molecule has 0 saturated carbocycles. The molecule has 4 heterocycles. The highest BCUT2D eigenvalue weighted by Gasteiger charge is 2.37. The van der Waals surface area contributed by atoms with E-state index in [2.05, 4.69) is 20.4 Å². The predicted octanol–water partition coefficient (Wildman–Crippen LogP) is 2.30. The molecule has 206 valence electrons. The summed E-state index contributed by atoms with van der Waals surface area (Å²) in [6, 6.07) is 11.2. The number of carbonyl (C=O) groups excluding carboxylic acids is 1. The van der Waals surface area contributed by atoms with E-state index >= 15 is 0 Å². The van der Waals surface area contributed by atoms with Gasteiger partial charge in [-0.05, 0) is 24.3 Å². The summed E-state index contributed by atoms with van der Waals surface area (Å²) in [6.07, 6.45) is 1.23. The van der Waals surface area contributed by atoms with Gasteiger partial charge in [0, 0.05) is 51.3 Å². The third-order valence-corrected chi connectivity index (χ3v) is 5.56. The molecule has 0 unspecified atom stereocenters. The molecule has 1 aliphatic heterocycles. The van der Waals surface area contributed by atoms with Gasteiger partial charge in [0.2, 0.25) is 5.91 Å². The molecule has 0 bridgehead atoms. The summed E-state index contributed by atoms with van der Waals surface area (Å²) in [5, 5.41) is 16.5. The fraction of sp³-hybridized carbons (Fsp3) is 0.360. The maximum atomic E-state index is 13.0. The zero-order chi connectivity index (χ0) is 28.1. The first-order chi connectivity index (χ1) is 18.8. The smallest absolute Gasteiger partial charge is 0.381 e. The number of carbonyl (C=O) groups is 1. The summed E-state index contributed by atoms with van der Waals surface area (Å²) in [6.45, 7) is 2.46. The number of nitrogens with zero attached hydrogens (tertiary/aromatic N) is 6. The van der Waals surface area contributed by atoms with Gasteiger partial charge >= 0.3 is 6.18 Å². The van der Waals surface area contributed by atoms with E-state index < -0.39 is 23.0 Å². The van der Waals surface area contributed by atoms with Crippen molar-refractivity contribution >= 4 is 17.4 Å². The summed E-state index contributed by atoms with van der Waals surface area (Å²) in [4.78, 5) is 35.6. The van der Waals surface area contributed by atoms with Crippen LogP contribution in [0.2, 0.25) is 0 Å². The molecule has 3 aromatic heterocycles. The van der Waals surface area contributed by atoms with Crippen molar-refractivity contribution in [2.75, 3.05) is 56.2 Å². The first kappa shape index (κ1) is 29.1. The topological polar surface area (TPSA) is 140 Å². The van der Waals surface area contributed by atoms with Gasteiger partial charge < -0.3 is 19.9 Å². The van der Waals surface area contributed by atoms with Gasteiger partial charge in [-0.2, -0.15) is 23.5 Å². The van der Waals surface area contributed by atoms with Crippen LogP contribution < -0.4 is 15.8 Å². The number of alkyl halides is 3. The third-order valence-electron chi connectivity index (χ3n) is 5.56. The van der Waals surface area contributed by atoms with Gasteiger partial charge in [-0.25, -0.2) is 10.1 Å². The predicted molar refractivity (Wildman–Crippen MR) is 136 cm³/mol. The number of hydrogen-bond donors (Lipinski definition) is 2. The van der Waals surface area contributed by atoms with E-state index in [-0.39, 0.29) is 32.1 Å². The maximum absolute atomic E-state index is 13.0. The van der Waals surface area contributed by atoms with Crippen LogP contribution in [0.1, 0.15) is 17.5 Å². The molecule has 1 amide bonds. The Bertz CT molecular complexity index is 1250. The molecule has 2 N–H and O–H groups in total. The Labute approximate surface area is 222 Å². The number of rotatable bonds is 8. The highest BCUT2D eigenvalue weighted by Crippen LogP contribution is 2.31. The molecule has 1 fully saturated rings. The van der Waals surface area contributed by atoms with Crippen LogP contribution in [0.3, 0.4) is 0 Å². The second-order valence-electron chi connectivity index (χ2n) is 8.18. The monoisotopic (exact) mass is 544 g/mol. The Morgan fingerprint density at radius 2 is 1.85 bits per heavy atom. The lowest BCUT2D eigenvalue weighted by molar-refractivity contribution is -0.138. The number of ether oxygens (including phenoxy) is 1. The highest BCUT2D eigenvalue weighted by atomic mass is 19.4. The second kappa shape index (κ2) is 14.4. The maximum Gasteiger partial charge on any atom is 0.423 e. The number of pyridine rings is 2. The normalized spacial score (nSPS) is 13.2. The molecule has 4 rings (SSSR count). The van der Waals surface area contributed by atoms with E-state index in [9.17, 15) is 22.8 Å². The number of nitrogens with one attached hydrogen (secondary N) is 2. The molecule has 1 aliphatic rings. The Morgan fingerprint density at radius 1 is 1.10 bits per heavy atom. The number of hydrogen-bond acceptors (Lipinski definition) is 9. The van der Waals surface area contributed by atoms with E-state index in [4.69, 9.17) is 10.00 Å². The van der Waals surface area contributed by atoms with Crippen LogP contribution >= 0.6 is 0 Å². The lowest BCUT2D eigenvalue weighted by atomic mass is 10.2. The number of anilines is 2. The largest absolute Gasteiger partial charge is 0.423 e. The number of halogens is 3. The van der Waals surface area contributed by atoms with Crippen LogP contribution in [0.25, 0.3) is 0 Å². The fourth-order valence-corrected chi connectivity index (χ4v) is 3.63. The Morgan fingerprint density at radius 3 is 2.41 bits per heavy atom. The van der Waals surface area contributed by atoms with E-state index in [1.165, 1.54) is 6.20 Å². The summed E-state index contributed by atoms with van der Waals surface area (Å²) >= 11 is 0. The molecule has 0 aliphatic carbocycles. The van der Waals surface area contributed by atoms with Crippen LogP contribution in [0.15, 0.2) is 59.9 Å². The van der Waals surface area contributed by atoms with Crippen LogP contribution in [-0.4, -0.2) is 76.9 Å². The van der Waals surface area contributed by atoms with Crippen molar-refractivity contribution in [3.05, 3.63) is 76.6 Å². The van der Waals surface area contributed by atoms with E-state index in [1.807, 2.05) is 29.2 Å².